The Hall–Kier alpha value is -2.10. The van der Waals surface area contributed by atoms with Crippen molar-refractivity contribution in [3.63, 3.8) is 0 Å². The van der Waals surface area contributed by atoms with E-state index in [9.17, 15) is 4.79 Å². The topological polar surface area (TPSA) is 38.1 Å². The molecule has 2 heterocycles. The molecule has 1 aliphatic carbocycles. The first-order chi connectivity index (χ1) is 10.7. The van der Waals surface area contributed by atoms with Crippen LogP contribution in [0.4, 0.5) is 0 Å². The lowest BCUT2D eigenvalue weighted by Gasteiger charge is -2.26. The second kappa shape index (κ2) is 5.27. The van der Waals surface area contributed by atoms with E-state index >= 15 is 0 Å². The summed E-state index contributed by atoms with van der Waals surface area (Å²) in [6.07, 6.45) is 5.55. The molecule has 2 aliphatic rings. The lowest BCUT2D eigenvalue weighted by molar-refractivity contribution is -0.131. The Morgan fingerprint density at radius 3 is 2.86 bits per heavy atom. The first-order valence-electron chi connectivity index (χ1n) is 8.11. The highest BCUT2D eigenvalue weighted by atomic mass is 16.2. The van der Waals surface area contributed by atoms with Gasteiger partial charge in [0.05, 0.1) is 11.0 Å². The number of hydrogen-bond donors (Lipinski definition) is 0. The molecule has 4 rings (SSSR count). The van der Waals surface area contributed by atoms with Gasteiger partial charge in [-0.3, -0.25) is 4.79 Å². The van der Waals surface area contributed by atoms with Gasteiger partial charge in [-0.25, -0.2) is 4.98 Å². The van der Waals surface area contributed by atoms with Gasteiger partial charge in [0.2, 0.25) is 5.91 Å². The maximum absolute atomic E-state index is 12.7. The van der Waals surface area contributed by atoms with E-state index in [0.717, 1.165) is 36.4 Å². The Bertz CT molecular complexity index is 755. The zero-order valence-electron chi connectivity index (χ0n) is 13.0. The quantitative estimate of drug-likeness (QED) is 0.816. The van der Waals surface area contributed by atoms with Gasteiger partial charge >= 0.3 is 0 Å². The van der Waals surface area contributed by atoms with Crippen LogP contribution in [0.25, 0.3) is 11.0 Å². The molecular formula is C18H21N3O. The Kier molecular flexibility index (Phi) is 3.25. The molecule has 1 saturated carbocycles. The predicted octanol–water partition coefficient (Wildman–Crippen LogP) is 3.09. The molecule has 22 heavy (non-hydrogen) atoms. The van der Waals surface area contributed by atoms with Crippen LogP contribution in [0.5, 0.6) is 0 Å². The number of fused-ring (bicyclic) bond motifs is 1. The molecule has 114 valence electrons. The molecule has 0 N–H and O–H groups in total. The number of para-hydroxylation sites is 2. The normalized spacial score (nSPS) is 18.6. The van der Waals surface area contributed by atoms with E-state index in [1.54, 1.807) is 0 Å². The minimum absolute atomic E-state index is 0.203. The Morgan fingerprint density at radius 2 is 2.14 bits per heavy atom. The number of nitrogens with zero attached hydrogens (tertiary/aromatic N) is 3. The van der Waals surface area contributed by atoms with Gasteiger partial charge in [-0.15, -0.1) is 0 Å². The summed E-state index contributed by atoms with van der Waals surface area (Å²) in [6.45, 7) is 4.14. The van der Waals surface area contributed by atoms with E-state index in [4.69, 9.17) is 4.98 Å². The van der Waals surface area contributed by atoms with Crippen LogP contribution in [0.15, 0.2) is 35.9 Å². The SMILES string of the molecule is CC1=CCN(C(=O)Cn2c(C3CC3)nc3ccccc32)CC1. The molecule has 1 amide bonds. The van der Waals surface area contributed by atoms with E-state index < -0.39 is 0 Å². The first kappa shape index (κ1) is 13.6. The monoisotopic (exact) mass is 295 g/mol. The van der Waals surface area contributed by atoms with Crippen molar-refractivity contribution in [2.45, 2.75) is 38.6 Å². The van der Waals surface area contributed by atoms with Crippen molar-refractivity contribution in [2.75, 3.05) is 13.1 Å². The molecule has 0 bridgehead atoms. The van der Waals surface area contributed by atoms with Crippen molar-refractivity contribution in [1.29, 1.82) is 0 Å². The second-order valence-corrected chi connectivity index (χ2v) is 6.46. The fourth-order valence-electron chi connectivity index (χ4n) is 3.15. The second-order valence-electron chi connectivity index (χ2n) is 6.46. The van der Waals surface area contributed by atoms with Gasteiger partial charge < -0.3 is 9.47 Å². The Labute approximate surface area is 130 Å². The van der Waals surface area contributed by atoms with Crippen LogP contribution in [0, 0.1) is 0 Å². The average molecular weight is 295 g/mol. The molecule has 1 aliphatic heterocycles. The molecule has 1 fully saturated rings. The number of carbonyl (C=O) groups is 1. The first-order valence-corrected chi connectivity index (χ1v) is 8.11. The molecule has 0 saturated heterocycles. The van der Waals surface area contributed by atoms with Crippen LogP contribution in [0.3, 0.4) is 0 Å². The number of imidazole rings is 1. The van der Waals surface area contributed by atoms with Gasteiger partial charge in [-0.2, -0.15) is 0 Å². The van der Waals surface area contributed by atoms with Crippen LogP contribution >= 0.6 is 0 Å². The fourth-order valence-corrected chi connectivity index (χ4v) is 3.15. The smallest absolute Gasteiger partial charge is 0.242 e. The molecule has 2 aromatic rings. The van der Waals surface area contributed by atoms with Gasteiger partial charge in [-0.1, -0.05) is 23.8 Å². The van der Waals surface area contributed by atoms with Gasteiger partial charge in [0.25, 0.3) is 0 Å². The summed E-state index contributed by atoms with van der Waals surface area (Å²) in [4.78, 5) is 19.4. The highest BCUT2D eigenvalue weighted by Crippen LogP contribution is 2.40. The lowest BCUT2D eigenvalue weighted by Crippen LogP contribution is -2.37. The number of rotatable bonds is 3. The van der Waals surface area contributed by atoms with Crippen LogP contribution in [0.1, 0.15) is 37.9 Å². The average Bonchev–Trinajstić information content (AvgIpc) is 3.31. The Balaban J connectivity index is 1.63. The molecule has 4 heteroatoms. The molecule has 1 aromatic heterocycles. The van der Waals surface area contributed by atoms with Crippen molar-refractivity contribution < 1.29 is 4.79 Å². The fraction of sp³-hybridized carbons (Fsp3) is 0.444. The summed E-state index contributed by atoms with van der Waals surface area (Å²) in [5.74, 6) is 1.84. The van der Waals surface area contributed by atoms with E-state index in [0.29, 0.717) is 12.5 Å². The summed E-state index contributed by atoms with van der Waals surface area (Å²) in [7, 11) is 0. The van der Waals surface area contributed by atoms with Crippen molar-refractivity contribution in [1.82, 2.24) is 14.5 Å². The molecule has 1 aromatic carbocycles. The number of amides is 1. The van der Waals surface area contributed by atoms with E-state index in [1.165, 1.54) is 18.4 Å². The van der Waals surface area contributed by atoms with Crippen molar-refractivity contribution in [2.24, 2.45) is 0 Å². The lowest BCUT2D eigenvalue weighted by atomic mass is 10.1. The minimum Gasteiger partial charge on any atom is -0.337 e. The number of aromatic nitrogens is 2. The predicted molar refractivity (Wildman–Crippen MR) is 86.7 cm³/mol. The molecule has 0 spiro atoms. The van der Waals surface area contributed by atoms with Crippen LogP contribution in [-0.4, -0.2) is 33.4 Å². The molecular weight excluding hydrogens is 274 g/mol. The number of benzene rings is 1. The van der Waals surface area contributed by atoms with Crippen molar-refractivity contribution in [3.05, 3.63) is 41.7 Å². The van der Waals surface area contributed by atoms with E-state index in [2.05, 4.69) is 23.6 Å². The zero-order valence-corrected chi connectivity index (χ0v) is 13.0. The van der Waals surface area contributed by atoms with E-state index in [-0.39, 0.29) is 5.91 Å². The van der Waals surface area contributed by atoms with Crippen LogP contribution < -0.4 is 0 Å². The Morgan fingerprint density at radius 1 is 1.32 bits per heavy atom. The molecule has 0 radical (unpaired) electrons. The summed E-state index contributed by atoms with van der Waals surface area (Å²) in [6, 6.07) is 8.14. The summed E-state index contributed by atoms with van der Waals surface area (Å²) in [5, 5.41) is 0. The van der Waals surface area contributed by atoms with Gasteiger partial charge in [0.1, 0.15) is 12.4 Å². The highest BCUT2D eigenvalue weighted by molar-refractivity contribution is 5.81. The molecule has 0 atom stereocenters. The highest BCUT2D eigenvalue weighted by Gasteiger charge is 2.30. The van der Waals surface area contributed by atoms with Crippen LogP contribution in [-0.2, 0) is 11.3 Å². The zero-order chi connectivity index (χ0) is 15.1. The van der Waals surface area contributed by atoms with Crippen molar-refractivity contribution >= 4 is 16.9 Å². The maximum Gasteiger partial charge on any atom is 0.242 e. The standard InChI is InChI=1S/C18H21N3O/c1-13-8-10-20(11-9-13)17(22)12-21-16-5-3-2-4-15(16)19-18(21)14-6-7-14/h2-5,8,14H,6-7,9-12H2,1H3. The van der Waals surface area contributed by atoms with E-state index in [1.807, 2.05) is 23.1 Å². The van der Waals surface area contributed by atoms with Gasteiger partial charge in [0, 0.05) is 19.0 Å². The molecule has 4 nitrogen and oxygen atoms in total. The third-order valence-electron chi connectivity index (χ3n) is 4.71. The largest absolute Gasteiger partial charge is 0.337 e. The molecule has 0 unspecified atom stereocenters. The summed E-state index contributed by atoms with van der Waals surface area (Å²) < 4.78 is 2.14. The van der Waals surface area contributed by atoms with Crippen molar-refractivity contribution in [3.8, 4) is 0 Å². The van der Waals surface area contributed by atoms with Gasteiger partial charge in [-0.05, 0) is 38.3 Å². The third kappa shape index (κ3) is 2.43. The number of hydrogen-bond acceptors (Lipinski definition) is 2. The maximum atomic E-state index is 12.7. The number of carbonyl (C=O) groups excluding carboxylic acids is 1. The van der Waals surface area contributed by atoms with Crippen LogP contribution in [0.2, 0.25) is 0 Å². The minimum atomic E-state index is 0.203. The summed E-state index contributed by atoms with van der Waals surface area (Å²) >= 11 is 0. The summed E-state index contributed by atoms with van der Waals surface area (Å²) in [5.41, 5.74) is 3.48. The third-order valence-corrected chi connectivity index (χ3v) is 4.71. The van der Waals surface area contributed by atoms with Gasteiger partial charge in [0.15, 0.2) is 0 Å².